The first-order valence-corrected chi connectivity index (χ1v) is 17.1. The fourth-order valence-electron chi connectivity index (χ4n) is 3.26. The Hall–Kier alpha value is -0.290. The molecule has 0 aliphatic heterocycles. The Morgan fingerprint density at radius 3 is 1.41 bits per heavy atom. The first-order chi connectivity index (χ1) is 16.0. The molecule has 0 aliphatic rings. The molecule has 192 valence electrons. The van der Waals surface area contributed by atoms with Crippen LogP contribution in [0.5, 0.6) is 0 Å². The van der Waals surface area contributed by atoms with Crippen molar-refractivity contribution in [2.45, 2.75) is 44.9 Å². The lowest BCUT2D eigenvalue weighted by Crippen LogP contribution is -2.19. The summed E-state index contributed by atoms with van der Waals surface area (Å²) in [5, 5.41) is 0. The van der Waals surface area contributed by atoms with E-state index in [1.54, 1.807) is 45.9 Å². The second-order valence-electron chi connectivity index (χ2n) is 6.81. The minimum Gasteiger partial charge on any atom is -0.309 e. The standard InChI is InChI=1S/C20H29Br2NO8P2S/c1-5-28-32(24,29-6-2)14-17-19(21)20(22)18(15-33(25,30-7-3)31-8-4)23(17)34(26,27)16-12-10-9-11-13-16/h9-13H,5-8,14-15H2,1-4H3. The molecule has 0 unspecified atom stereocenters. The summed E-state index contributed by atoms with van der Waals surface area (Å²) in [4.78, 5) is -0.00203. The van der Waals surface area contributed by atoms with E-state index in [-0.39, 0.29) is 55.0 Å². The van der Waals surface area contributed by atoms with Crippen LogP contribution < -0.4 is 0 Å². The Kier molecular flexibility index (Phi) is 11.3. The van der Waals surface area contributed by atoms with Crippen LogP contribution in [0, 0.1) is 0 Å². The molecule has 2 rings (SSSR count). The second-order valence-corrected chi connectivity index (χ2v) is 14.3. The van der Waals surface area contributed by atoms with Gasteiger partial charge in [-0.1, -0.05) is 18.2 Å². The monoisotopic (exact) mass is 663 g/mol. The maximum absolute atomic E-state index is 13.8. The fourth-order valence-corrected chi connectivity index (χ4v) is 10.2. The number of aromatic nitrogens is 1. The van der Waals surface area contributed by atoms with Gasteiger partial charge in [0.25, 0.3) is 10.0 Å². The van der Waals surface area contributed by atoms with Gasteiger partial charge in [0.2, 0.25) is 0 Å². The van der Waals surface area contributed by atoms with Crippen molar-refractivity contribution in [2.24, 2.45) is 0 Å². The van der Waals surface area contributed by atoms with Gasteiger partial charge in [0.05, 0.1) is 64.0 Å². The molecule has 14 heteroatoms. The Balaban J connectivity index is 2.82. The topological polar surface area (TPSA) is 110 Å². The molecule has 1 aromatic carbocycles. The van der Waals surface area contributed by atoms with Gasteiger partial charge in [0.1, 0.15) is 0 Å². The lowest BCUT2D eigenvalue weighted by atomic mass is 10.4. The first kappa shape index (κ1) is 29.9. The quantitative estimate of drug-likeness (QED) is 0.203. The van der Waals surface area contributed by atoms with Crippen molar-refractivity contribution in [1.29, 1.82) is 0 Å². The highest BCUT2D eigenvalue weighted by Crippen LogP contribution is 2.57. The van der Waals surface area contributed by atoms with Gasteiger partial charge < -0.3 is 18.1 Å². The van der Waals surface area contributed by atoms with Crippen LogP contribution in [0.25, 0.3) is 0 Å². The zero-order chi connectivity index (χ0) is 25.6. The highest BCUT2D eigenvalue weighted by atomic mass is 79.9. The summed E-state index contributed by atoms with van der Waals surface area (Å²) in [7, 11) is -11.6. The average molecular weight is 665 g/mol. The number of benzene rings is 1. The van der Waals surface area contributed by atoms with E-state index in [2.05, 4.69) is 31.9 Å². The van der Waals surface area contributed by atoms with Crippen LogP contribution >= 0.6 is 47.1 Å². The van der Waals surface area contributed by atoms with Crippen LogP contribution in [0.3, 0.4) is 0 Å². The Labute approximate surface area is 217 Å². The van der Waals surface area contributed by atoms with Gasteiger partial charge in [-0.3, -0.25) is 9.13 Å². The normalized spacial score (nSPS) is 12.9. The minimum absolute atomic E-state index is 0.00203. The largest absolute Gasteiger partial charge is 0.336 e. The molecule has 1 heterocycles. The molecule has 34 heavy (non-hydrogen) atoms. The van der Waals surface area contributed by atoms with Crippen molar-refractivity contribution in [1.82, 2.24) is 3.97 Å². The van der Waals surface area contributed by atoms with Crippen molar-refractivity contribution in [2.75, 3.05) is 26.4 Å². The van der Waals surface area contributed by atoms with Crippen molar-refractivity contribution in [3.63, 3.8) is 0 Å². The molecule has 0 saturated heterocycles. The summed E-state index contributed by atoms with van der Waals surface area (Å²) in [6, 6.07) is 7.77. The summed E-state index contributed by atoms with van der Waals surface area (Å²) < 4.78 is 77.7. The highest BCUT2D eigenvalue weighted by Gasteiger charge is 2.38. The van der Waals surface area contributed by atoms with E-state index < -0.39 is 25.2 Å². The molecule has 0 radical (unpaired) electrons. The Bertz CT molecular complexity index is 1100. The van der Waals surface area contributed by atoms with E-state index in [1.807, 2.05) is 0 Å². The summed E-state index contributed by atoms with van der Waals surface area (Å²) in [5.41, 5.74) is 0.242. The van der Waals surface area contributed by atoms with Crippen LogP contribution in [0.1, 0.15) is 39.1 Å². The maximum atomic E-state index is 13.8. The molecule has 0 amide bonds. The molecule has 0 saturated carbocycles. The molecule has 0 fully saturated rings. The maximum Gasteiger partial charge on any atom is 0.336 e. The van der Waals surface area contributed by atoms with Gasteiger partial charge >= 0.3 is 15.2 Å². The van der Waals surface area contributed by atoms with Crippen LogP contribution in [-0.2, 0) is 49.6 Å². The molecule has 0 N–H and O–H groups in total. The summed E-state index contributed by atoms with van der Waals surface area (Å²) in [6.45, 7) is 7.12. The molecule has 0 aliphatic carbocycles. The van der Waals surface area contributed by atoms with E-state index in [0.29, 0.717) is 8.95 Å². The van der Waals surface area contributed by atoms with Crippen LogP contribution in [-0.4, -0.2) is 38.8 Å². The predicted octanol–water partition coefficient (Wildman–Crippen LogP) is 6.78. The van der Waals surface area contributed by atoms with Gasteiger partial charge in [-0.05, 0) is 71.7 Å². The summed E-state index contributed by atoms with van der Waals surface area (Å²) >= 11 is 6.84. The lowest BCUT2D eigenvalue weighted by molar-refractivity contribution is 0.218. The van der Waals surface area contributed by atoms with Crippen LogP contribution in [0.15, 0.2) is 44.2 Å². The van der Waals surface area contributed by atoms with Crippen molar-refractivity contribution in [3.8, 4) is 0 Å². The Morgan fingerprint density at radius 1 is 0.735 bits per heavy atom. The van der Waals surface area contributed by atoms with E-state index in [4.69, 9.17) is 18.1 Å². The number of rotatable bonds is 14. The zero-order valence-electron chi connectivity index (χ0n) is 19.4. The number of hydrogen-bond donors (Lipinski definition) is 0. The number of halogens is 2. The van der Waals surface area contributed by atoms with Gasteiger partial charge in [0.15, 0.2) is 0 Å². The van der Waals surface area contributed by atoms with Crippen molar-refractivity contribution >= 4 is 57.1 Å². The third-order valence-electron chi connectivity index (χ3n) is 4.46. The summed E-state index contributed by atoms with van der Waals surface area (Å²) in [6.07, 6.45) is -0.680. The van der Waals surface area contributed by atoms with Crippen LogP contribution in [0.2, 0.25) is 0 Å². The molecular formula is C20H29Br2NO8P2S. The van der Waals surface area contributed by atoms with Crippen molar-refractivity contribution in [3.05, 3.63) is 50.7 Å². The van der Waals surface area contributed by atoms with E-state index >= 15 is 0 Å². The molecule has 2 aromatic rings. The smallest absolute Gasteiger partial charge is 0.309 e. The van der Waals surface area contributed by atoms with Crippen LogP contribution in [0.4, 0.5) is 0 Å². The highest BCUT2D eigenvalue weighted by molar-refractivity contribution is 9.13. The number of hydrogen-bond acceptors (Lipinski definition) is 8. The van der Waals surface area contributed by atoms with E-state index in [9.17, 15) is 17.5 Å². The minimum atomic E-state index is -4.21. The summed E-state index contributed by atoms with van der Waals surface area (Å²) in [5.74, 6) is 0. The van der Waals surface area contributed by atoms with Gasteiger partial charge in [-0.15, -0.1) is 0 Å². The third kappa shape index (κ3) is 6.93. The Morgan fingerprint density at radius 2 is 1.09 bits per heavy atom. The molecular weight excluding hydrogens is 636 g/mol. The molecule has 0 atom stereocenters. The van der Waals surface area contributed by atoms with Gasteiger partial charge in [-0.2, -0.15) is 0 Å². The predicted molar refractivity (Wildman–Crippen MR) is 138 cm³/mol. The van der Waals surface area contributed by atoms with Gasteiger partial charge in [0, 0.05) is 0 Å². The van der Waals surface area contributed by atoms with E-state index in [1.165, 1.54) is 12.1 Å². The SMILES string of the molecule is CCOP(=O)(Cc1c(Br)c(Br)c(CP(=O)(OCC)OCC)n1S(=O)(=O)c1ccccc1)OCC. The first-order valence-electron chi connectivity index (χ1n) is 10.6. The number of nitrogens with zero attached hydrogens (tertiary/aromatic N) is 1. The second kappa shape index (κ2) is 12.8. The van der Waals surface area contributed by atoms with Crippen molar-refractivity contribution < 1.29 is 35.6 Å². The lowest BCUT2D eigenvalue weighted by Gasteiger charge is -2.21. The van der Waals surface area contributed by atoms with Gasteiger partial charge in [-0.25, -0.2) is 12.4 Å². The molecule has 0 bridgehead atoms. The molecule has 9 nitrogen and oxygen atoms in total. The third-order valence-corrected chi connectivity index (χ3v) is 12.5. The molecule has 0 spiro atoms. The fraction of sp³-hybridized carbons (Fsp3) is 0.500. The van der Waals surface area contributed by atoms with E-state index in [0.717, 1.165) is 3.97 Å². The average Bonchev–Trinajstić information content (AvgIpc) is 2.99. The molecule has 1 aromatic heterocycles. The zero-order valence-corrected chi connectivity index (χ0v) is 25.2.